The van der Waals surface area contributed by atoms with Gasteiger partial charge in [0.25, 0.3) is 0 Å². The normalized spacial score (nSPS) is 16.5. The average Bonchev–Trinajstić information content (AvgIpc) is 2.57. The van der Waals surface area contributed by atoms with Crippen molar-refractivity contribution in [1.29, 1.82) is 0 Å². The zero-order valence-corrected chi connectivity index (χ0v) is 12.0. The number of phenolic OH excluding ortho intramolecular Hbond substituents is 1. The van der Waals surface area contributed by atoms with Gasteiger partial charge in [0.15, 0.2) is 12.4 Å². The number of phenols is 1. The Kier molecular flexibility index (Phi) is 7.36. The summed E-state index contributed by atoms with van der Waals surface area (Å²) in [4.78, 5) is 22.3. The number of rotatable bonds is 8. The molecule has 0 spiro atoms. The largest absolute Gasteiger partial charge is 0.508 e. The highest BCUT2D eigenvalue weighted by atomic mass is 16.6. The molecule has 4 atom stereocenters. The molecular weight excluding hydrogens is 308 g/mol. The second-order valence-corrected chi connectivity index (χ2v) is 4.69. The minimum absolute atomic E-state index is 0.0367. The maximum Gasteiger partial charge on any atom is 0.331 e. The van der Waals surface area contributed by atoms with E-state index in [9.17, 15) is 24.9 Å². The number of aliphatic hydroxyl groups is 4. The van der Waals surface area contributed by atoms with Crippen LogP contribution >= 0.6 is 0 Å². The molecule has 126 valence electrons. The summed E-state index contributed by atoms with van der Waals surface area (Å²) in [6.07, 6.45) is -4.76. The van der Waals surface area contributed by atoms with Crippen LogP contribution in [0.5, 0.6) is 5.75 Å². The predicted octanol–water partition coefficient (Wildman–Crippen LogP) is -1.41. The zero-order valence-electron chi connectivity index (χ0n) is 12.0. The monoisotopic (exact) mass is 326 g/mol. The molecule has 23 heavy (non-hydrogen) atoms. The highest BCUT2D eigenvalue weighted by Crippen LogP contribution is 2.12. The molecule has 0 aliphatic carbocycles. The molecule has 0 aromatic heterocycles. The molecule has 0 saturated carbocycles. The number of hydrogen-bond donors (Lipinski definition) is 5. The summed E-state index contributed by atoms with van der Waals surface area (Å²) in [5.74, 6) is -0.923. The molecule has 8 nitrogen and oxygen atoms in total. The molecule has 5 N–H and O–H groups in total. The van der Waals surface area contributed by atoms with Crippen molar-refractivity contribution in [3.8, 4) is 5.75 Å². The number of hydrogen-bond acceptors (Lipinski definition) is 8. The van der Waals surface area contributed by atoms with Gasteiger partial charge in [0.05, 0.1) is 6.61 Å². The van der Waals surface area contributed by atoms with Crippen LogP contribution < -0.4 is 0 Å². The van der Waals surface area contributed by atoms with Crippen molar-refractivity contribution in [2.75, 3.05) is 6.61 Å². The lowest BCUT2D eigenvalue weighted by atomic mass is 10.0. The van der Waals surface area contributed by atoms with E-state index in [0.717, 1.165) is 6.08 Å². The quantitative estimate of drug-likeness (QED) is 0.223. The van der Waals surface area contributed by atoms with Crippen molar-refractivity contribution in [3.63, 3.8) is 0 Å². The average molecular weight is 326 g/mol. The van der Waals surface area contributed by atoms with Gasteiger partial charge in [-0.25, -0.2) is 4.79 Å². The van der Waals surface area contributed by atoms with Crippen LogP contribution in [0.15, 0.2) is 30.3 Å². The van der Waals surface area contributed by atoms with E-state index >= 15 is 0 Å². The number of aldehydes is 1. The van der Waals surface area contributed by atoms with Gasteiger partial charge in [-0.1, -0.05) is 12.1 Å². The smallest absolute Gasteiger partial charge is 0.331 e. The van der Waals surface area contributed by atoms with Gasteiger partial charge >= 0.3 is 5.97 Å². The molecule has 0 saturated heterocycles. The standard InChI is InChI=1S/C15H18O8/c16-7-11(19)14(22)15(12(20)8-17)23-13(21)6-3-9-1-4-10(18)5-2-9/h1-6,8,11-12,14-16,18-20,22H,7H2/b6-3+/t11-,12+,14-,15-/m1/s1. The van der Waals surface area contributed by atoms with Gasteiger partial charge in [0, 0.05) is 6.08 Å². The van der Waals surface area contributed by atoms with Crippen molar-refractivity contribution < 1.29 is 39.9 Å². The lowest BCUT2D eigenvalue weighted by Crippen LogP contribution is -2.48. The van der Waals surface area contributed by atoms with E-state index in [4.69, 9.17) is 14.9 Å². The molecular formula is C15H18O8. The van der Waals surface area contributed by atoms with Crippen LogP contribution in [0.25, 0.3) is 6.08 Å². The third-order valence-electron chi connectivity index (χ3n) is 2.95. The van der Waals surface area contributed by atoms with E-state index in [1.807, 2.05) is 0 Å². The van der Waals surface area contributed by atoms with Crippen LogP contribution in [0.4, 0.5) is 0 Å². The molecule has 0 bridgehead atoms. The first-order valence-corrected chi connectivity index (χ1v) is 6.67. The summed E-state index contributed by atoms with van der Waals surface area (Å²) in [6, 6.07) is 5.87. The van der Waals surface area contributed by atoms with Crippen molar-refractivity contribution in [3.05, 3.63) is 35.9 Å². The number of carbonyl (C=O) groups is 2. The molecule has 1 aromatic rings. The van der Waals surface area contributed by atoms with E-state index < -0.39 is 37.0 Å². The van der Waals surface area contributed by atoms with E-state index in [1.54, 1.807) is 0 Å². The lowest BCUT2D eigenvalue weighted by Gasteiger charge is -2.26. The Morgan fingerprint density at radius 3 is 2.30 bits per heavy atom. The van der Waals surface area contributed by atoms with E-state index in [0.29, 0.717) is 5.56 Å². The Morgan fingerprint density at radius 2 is 1.78 bits per heavy atom. The van der Waals surface area contributed by atoms with Crippen LogP contribution in [0.1, 0.15) is 5.56 Å². The van der Waals surface area contributed by atoms with Gasteiger partial charge in [0.1, 0.15) is 24.1 Å². The summed E-state index contributed by atoms with van der Waals surface area (Å²) >= 11 is 0. The molecule has 0 amide bonds. The summed E-state index contributed by atoms with van der Waals surface area (Å²) in [5.41, 5.74) is 0.572. The molecule has 0 heterocycles. The Labute approximate surface area is 131 Å². The SMILES string of the molecule is O=C[C@H](O)[C@@H](OC(=O)/C=C/c1ccc(O)cc1)[C@H](O)[C@H](O)CO. The van der Waals surface area contributed by atoms with Gasteiger partial charge in [-0.3, -0.25) is 0 Å². The number of aromatic hydroxyl groups is 1. The fraction of sp³-hybridized carbons (Fsp3) is 0.333. The minimum Gasteiger partial charge on any atom is -0.508 e. The van der Waals surface area contributed by atoms with Gasteiger partial charge in [-0.15, -0.1) is 0 Å². The molecule has 1 aromatic carbocycles. The molecule has 0 fully saturated rings. The minimum atomic E-state index is -1.86. The van der Waals surface area contributed by atoms with Crippen LogP contribution in [-0.4, -0.2) is 68.8 Å². The second kappa shape index (κ2) is 9.01. The van der Waals surface area contributed by atoms with Gasteiger partial charge in [-0.2, -0.15) is 0 Å². The van der Waals surface area contributed by atoms with Crippen molar-refractivity contribution in [2.24, 2.45) is 0 Å². The molecule has 1 rings (SSSR count). The predicted molar refractivity (Wildman–Crippen MR) is 78.2 cm³/mol. The molecule has 0 unspecified atom stereocenters. The Hall–Kier alpha value is -2.26. The van der Waals surface area contributed by atoms with Gasteiger partial charge in [0.2, 0.25) is 0 Å². The van der Waals surface area contributed by atoms with E-state index in [2.05, 4.69) is 0 Å². The van der Waals surface area contributed by atoms with Crippen LogP contribution in [0.3, 0.4) is 0 Å². The number of ether oxygens (including phenoxy) is 1. The first-order valence-electron chi connectivity index (χ1n) is 6.67. The molecule has 8 heteroatoms. The third kappa shape index (κ3) is 5.80. The van der Waals surface area contributed by atoms with E-state index in [-0.39, 0.29) is 12.0 Å². The Balaban J connectivity index is 2.76. The summed E-state index contributed by atoms with van der Waals surface area (Å²) in [5, 5.41) is 46.4. The molecule has 0 aliphatic rings. The summed E-state index contributed by atoms with van der Waals surface area (Å²) in [7, 11) is 0. The van der Waals surface area contributed by atoms with Crippen LogP contribution in [0, 0.1) is 0 Å². The molecule has 0 aliphatic heterocycles. The third-order valence-corrected chi connectivity index (χ3v) is 2.95. The topological polar surface area (TPSA) is 145 Å². The molecule has 0 radical (unpaired) electrons. The lowest BCUT2D eigenvalue weighted by molar-refractivity contribution is -0.169. The first kappa shape index (κ1) is 18.8. The number of esters is 1. The maximum atomic E-state index is 11.7. The van der Waals surface area contributed by atoms with Crippen molar-refractivity contribution in [2.45, 2.75) is 24.4 Å². The Bertz CT molecular complexity index is 539. The van der Waals surface area contributed by atoms with E-state index in [1.165, 1.54) is 30.3 Å². The Morgan fingerprint density at radius 1 is 1.17 bits per heavy atom. The summed E-state index contributed by atoms with van der Waals surface area (Å²) < 4.78 is 4.76. The fourth-order valence-corrected chi connectivity index (χ4v) is 1.67. The van der Waals surface area contributed by atoms with Gasteiger partial charge in [-0.05, 0) is 23.8 Å². The van der Waals surface area contributed by atoms with Gasteiger partial charge < -0.3 is 35.1 Å². The van der Waals surface area contributed by atoms with Crippen LogP contribution in [-0.2, 0) is 14.3 Å². The van der Waals surface area contributed by atoms with Crippen molar-refractivity contribution >= 4 is 18.3 Å². The highest BCUT2D eigenvalue weighted by molar-refractivity contribution is 5.87. The second-order valence-electron chi connectivity index (χ2n) is 4.69. The van der Waals surface area contributed by atoms with Crippen LogP contribution in [0.2, 0.25) is 0 Å². The maximum absolute atomic E-state index is 11.7. The first-order chi connectivity index (χ1) is 10.9. The number of benzene rings is 1. The number of aliphatic hydroxyl groups excluding tert-OH is 4. The summed E-state index contributed by atoms with van der Waals surface area (Å²) in [6.45, 7) is -0.843. The number of carbonyl (C=O) groups excluding carboxylic acids is 2. The fourth-order valence-electron chi connectivity index (χ4n) is 1.67. The highest BCUT2D eigenvalue weighted by Gasteiger charge is 2.34. The zero-order chi connectivity index (χ0) is 17.4. The van der Waals surface area contributed by atoms with Crippen molar-refractivity contribution in [1.82, 2.24) is 0 Å².